The summed E-state index contributed by atoms with van der Waals surface area (Å²) < 4.78 is 19.8. The first-order chi connectivity index (χ1) is 9.76. The van der Waals surface area contributed by atoms with Gasteiger partial charge in [-0.1, -0.05) is 19.9 Å². The summed E-state index contributed by atoms with van der Waals surface area (Å²) in [6.45, 7) is 8.07. The molecule has 1 aliphatic rings. The van der Waals surface area contributed by atoms with Crippen molar-refractivity contribution in [3.05, 3.63) is 29.6 Å². The molecule has 0 radical (unpaired) electrons. The van der Waals surface area contributed by atoms with E-state index in [1.54, 1.807) is 6.07 Å². The summed E-state index contributed by atoms with van der Waals surface area (Å²) in [6, 6.07) is 5.86. The molecule has 0 aromatic heterocycles. The Morgan fingerprint density at radius 1 is 1.40 bits per heavy atom. The van der Waals surface area contributed by atoms with Crippen molar-refractivity contribution in [2.75, 3.05) is 31.2 Å². The molecule has 1 unspecified atom stereocenters. The van der Waals surface area contributed by atoms with Crippen molar-refractivity contribution in [2.45, 2.75) is 39.3 Å². The van der Waals surface area contributed by atoms with Crippen molar-refractivity contribution >= 4 is 5.69 Å². The number of ether oxygens (including phenoxy) is 1. The highest BCUT2D eigenvalue weighted by Gasteiger charge is 2.23. The third-order valence-electron chi connectivity index (χ3n) is 3.78. The smallest absolute Gasteiger partial charge is 0.146 e. The average molecular weight is 280 g/mol. The molecule has 1 aliphatic heterocycles. The molecule has 0 amide bonds. The van der Waals surface area contributed by atoms with E-state index in [2.05, 4.69) is 24.1 Å². The van der Waals surface area contributed by atoms with Crippen LogP contribution in [-0.4, -0.2) is 32.3 Å². The molecule has 112 valence electrons. The maximum atomic E-state index is 14.3. The Morgan fingerprint density at radius 3 is 2.95 bits per heavy atom. The predicted octanol–water partition coefficient (Wildman–Crippen LogP) is 2.94. The quantitative estimate of drug-likeness (QED) is 0.811. The van der Waals surface area contributed by atoms with Crippen LogP contribution in [0.15, 0.2) is 18.2 Å². The van der Waals surface area contributed by atoms with E-state index in [-0.39, 0.29) is 11.9 Å². The van der Waals surface area contributed by atoms with Gasteiger partial charge in [-0.15, -0.1) is 0 Å². The Hall–Kier alpha value is -1.13. The van der Waals surface area contributed by atoms with Gasteiger partial charge in [0.1, 0.15) is 5.82 Å². The third-order valence-corrected chi connectivity index (χ3v) is 3.78. The van der Waals surface area contributed by atoms with E-state index in [4.69, 9.17) is 4.74 Å². The monoisotopic (exact) mass is 280 g/mol. The first-order valence-corrected chi connectivity index (χ1v) is 7.59. The second kappa shape index (κ2) is 7.60. The van der Waals surface area contributed by atoms with Gasteiger partial charge in [0, 0.05) is 13.1 Å². The van der Waals surface area contributed by atoms with Crippen LogP contribution in [0.25, 0.3) is 0 Å². The summed E-state index contributed by atoms with van der Waals surface area (Å²) in [5.74, 6) is -0.124. The number of hydrogen-bond acceptors (Lipinski definition) is 3. The zero-order valence-corrected chi connectivity index (χ0v) is 12.5. The van der Waals surface area contributed by atoms with Crippen LogP contribution < -0.4 is 10.2 Å². The summed E-state index contributed by atoms with van der Waals surface area (Å²) in [5, 5.41) is 3.30. The zero-order valence-electron chi connectivity index (χ0n) is 12.5. The number of morpholine rings is 1. The number of rotatable bonds is 6. The summed E-state index contributed by atoms with van der Waals surface area (Å²) in [5.41, 5.74) is 1.71. The highest BCUT2D eigenvalue weighted by molar-refractivity contribution is 5.50. The molecule has 1 atom stereocenters. The van der Waals surface area contributed by atoms with Crippen LogP contribution >= 0.6 is 0 Å². The fraction of sp³-hybridized carbons (Fsp3) is 0.625. The Morgan fingerprint density at radius 2 is 2.25 bits per heavy atom. The maximum absolute atomic E-state index is 14.3. The van der Waals surface area contributed by atoms with E-state index >= 15 is 0 Å². The summed E-state index contributed by atoms with van der Waals surface area (Å²) >= 11 is 0. The van der Waals surface area contributed by atoms with Crippen LogP contribution in [0.3, 0.4) is 0 Å². The molecule has 1 N–H and O–H groups in total. The second-order valence-electron chi connectivity index (χ2n) is 5.29. The number of anilines is 1. The first-order valence-electron chi connectivity index (χ1n) is 7.59. The summed E-state index contributed by atoms with van der Waals surface area (Å²) in [4.78, 5) is 2.14. The standard InChI is InChI=1S/C16H25FN2O/c1-3-7-18-11-13-5-6-16(15(17)10-13)19-8-9-20-12-14(19)4-2/h5-6,10,14,18H,3-4,7-9,11-12H2,1-2H3. The van der Waals surface area contributed by atoms with E-state index < -0.39 is 0 Å². The topological polar surface area (TPSA) is 24.5 Å². The number of halogens is 1. The van der Waals surface area contributed by atoms with E-state index in [0.717, 1.165) is 38.0 Å². The number of nitrogens with one attached hydrogen (secondary N) is 1. The van der Waals surface area contributed by atoms with Crippen molar-refractivity contribution in [1.82, 2.24) is 5.32 Å². The zero-order chi connectivity index (χ0) is 14.4. The highest BCUT2D eigenvalue weighted by Crippen LogP contribution is 2.25. The average Bonchev–Trinajstić information content (AvgIpc) is 2.48. The molecular formula is C16H25FN2O. The minimum absolute atomic E-state index is 0.124. The Bertz CT molecular complexity index is 425. The summed E-state index contributed by atoms with van der Waals surface area (Å²) in [7, 11) is 0. The van der Waals surface area contributed by atoms with Gasteiger partial charge in [0.05, 0.1) is 24.9 Å². The maximum Gasteiger partial charge on any atom is 0.146 e. The van der Waals surface area contributed by atoms with Crippen LogP contribution in [0, 0.1) is 5.82 Å². The molecule has 1 saturated heterocycles. The van der Waals surface area contributed by atoms with Crippen LogP contribution in [0.2, 0.25) is 0 Å². The minimum Gasteiger partial charge on any atom is -0.377 e. The minimum atomic E-state index is -0.124. The number of hydrogen-bond donors (Lipinski definition) is 1. The van der Waals surface area contributed by atoms with Gasteiger partial charge in [0.25, 0.3) is 0 Å². The van der Waals surface area contributed by atoms with Crippen molar-refractivity contribution in [2.24, 2.45) is 0 Å². The molecular weight excluding hydrogens is 255 g/mol. The van der Waals surface area contributed by atoms with Gasteiger partial charge < -0.3 is 15.0 Å². The molecule has 0 spiro atoms. The van der Waals surface area contributed by atoms with E-state index in [9.17, 15) is 4.39 Å². The molecule has 4 heteroatoms. The lowest BCUT2D eigenvalue weighted by atomic mass is 10.1. The van der Waals surface area contributed by atoms with Gasteiger partial charge in [-0.3, -0.25) is 0 Å². The van der Waals surface area contributed by atoms with Gasteiger partial charge in [-0.25, -0.2) is 4.39 Å². The Labute approximate surface area is 121 Å². The number of nitrogens with zero attached hydrogens (tertiary/aromatic N) is 1. The Kier molecular flexibility index (Phi) is 5.80. The number of benzene rings is 1. The normalized spacial score (nSPS) is 19.4. The molecule has 1 heterocycles. The second-order valence-corrected chi connectivity index (χ2v) is 5.29. The van der Waals surface area contributed by atoms with Gasteiger partial charge in [0.2, 0.25) is 0 Å². The highest BCUT2D eigenvalue weighted by atomic mass is 19.1. The van der Waals surface area contributed by atoms with Gasteiger partial charge >= 0.3 is 0 Å². The molecule has 1 aromatic rings. The van der Waals surface area contributed by atoms with Gasteiger partial charge in [-0.2, -0.15) is 0 Å². The summed E-state index contributed by atoms with van der Waals surface area (Å²) in [6.07, 6.45) is 2.06. The van der Waals surface area contributed by atoms with E-state index in [1.807, 2.05) is 12.1 Å². The Balaban J connectivity index is 2.08. The van der Waals surface area contributed by atoms with Crippen LogP contribution in [0.4, 0.5) is 10.1 Å². The fourth-order valence-corrected chi connectivity index (χ4v) is 2.61. The van der Waals surface area contributed by atoms with Gasteiger partial charge in [-0.05, 0) is 37.1 Å². The van der Waals surface area contributed by atoms with Crippen LogP contribution in [-0.2, 0) is 11.3 Å². The molecule has 0 aliphatic carbocycles. The largest absolute Gasteiger partial charge is 0.377 e. The molecule has 2 rings (SSSR count). The molecule has 1 fully saturated rings. The lowest BCUT2D eigenvalue weighted by Crippen LogP contribution is -2.45. The molecule has 3 nitrogen and oxygen atoms in total. The lowest BCUT2D eigenvalue weighted by molar-refractivity contribution is 0.0926. The molecule has 1 aromatic carbocycles. The van der Waals surface area contributed by atoms with Crippen molar-refractivity contribution in [3.63, 3.8) is 0 Å². The molecule has 0 saturated carbocycles. The van der Waals surface area contributed by atoms with Crippen molar-refractivity contribution in [1.29, 1.82) is 0 Å². The third kappa shape index (κ3) is 3.70. The van der Waals surface area contributed by atoms with Crippen LogP contribution in [0.1, 0.15) is 32.3 Å². The molecule has 20 heavy (non-hydrogen) atoms. The molecule has 0 bridgehead atoms. The predicted molar refractivity (Wildman–Crippen MR) is 80.6 cm³/mol. The first kappa shape index (κ1) is 15.3. The SMILES string of the molecule is CCCNCc1ccc(N2CCOCC2CC)c(F)c1. The van der Waals surface area contributed by atoms with Crippen molar-refractivity contribution in [3.8, 4) is 0 Å². The van der Waals surface area contributed by atoms with E-state index in [1.165, 1.54) is 0 Å². The van der Waals surface area contributed by atoms with Crippen molar-refractivity contribution < 1.29 is 9.13 Å². The van der Waals surface area contributed by atoms with E-state index in [0.29, 0.717) is 18.9 Å². The van der Waals surface area contributed by atoms with Gasteiger partial charge in [0.15, 0.2) is 0 Å². The lowest BCUT2D eigenvalue weighted by Gasteiger charge is -2.37. The van der Waals surface area contributed by atoms with Crippen LogP contribution in [0.5, 0.6) is 0 Å². The fourth-order valence-electron chi connectivity index (χ4n) is 2.61.